The van der Waals surface area contributed by atoms with E-state index < -0.39 is 0 Å². The van der Waals surface area contributed by atoms with Gasteiger partial charge in [0.1, 0.15) is 0 Å². The van der Waals surface area contributed by atoms with E-state index in [0.29, 0.717) is 17.3 Å². The summed E-state index contributed by atoms with van der Waals surface area (Å²) in [5.41, 5.74) is 2.92. The molecule has 1 saturated heterocycles. The monoisotopic (exact) mass is 373 g/mol. The predicted octanol–water partition coefficient (Wildman–Crippen LogP) is 3.49. The van der Waals surface area contributed by atoms with Crippen LogP contribution in [-0.4, -0.2) is 46.1 Å². The van der Waals surface area contributed by atoms with E-state index in [-0.39, 0.29) is 6.04 Å². The van der Waals surface area contributed by atoms with Crippen molar-refractivity contribution in [3.05, 3.63) is 71.6 Å². The summed E-state index contributed by atoms with van der Waals surface area (Å²) in [5.74, 6) is 1.31. The van der Waals surface area contributed by atoms with E-state index in [1.807, 2.05) is 54.6 Å². The molecule has 2 heterocycles. The lowest BCUT2D eigenvalue weighted by molar-refractivity contribution is 0.0845. The topological polar surface area (TPSA) is 69.2 Å². The van der Waals surface area contributed by atoms with Crippen molar-refractivity contribution in [2.75, 3.05) is 26.2 Å². The van der Waals surface area contributed by atoms with Gasteiger partial charge in [-0.25, -0.2) is 0 Å². The molecule has 0 aliphatic carbocycles. The van der Waals surface area contributed by atoms with Crippen LogP contribution in [-0.2, 0) is 6.54 Å². The van der Waals surface area contributed by atoms with Crippen molar-refractivity contribution in [3.63, 3.8) is 0 Å². The number of benzene rings is 2. The minimum absolute atomic E-state index is 0.0991. The highest BCUT2D eigenvalue weighted by Crippen LogP contribution is 2.23. The van der Waals surface area contributed by atoms with Crippen LogP contribution in [0.2, 0.25) is 0 Å². The molecule has 0 amide bonds. The Balaban J connectivity index is 1.33. The number of nitrogens with zero attached hydrogens (tertiary/aromatic N) is 5. The summed E-state index contributed by atoms with van der Waals surface area (Å²) in [7, 11) is 0. The fraction of sp³-hybridized carbons (Fsp3) is 0.318. The van der Waals surface area contributed by atoms with Gasteiger partial charge < -0.3 is 4.52 Å². The van der Waals surface area contributed by atoms with E-state index in [0.717, 1.165) is 38.3 Å². The number of piperazine rings is 1. The summed E-state index contributed by atoms with van der Waals surface area (Å²) >= 11 is 0. The maximum atomic E-state index is 8.91. The predicted molar refractivity (Wildman–Crippen MR) is 106 cm³/mol. The molecule has 1 fully saturated rings. The third-order valence-corrected chi connectivity index (χ3v) is 5.27. The zero-order valence-electron chi connectivity index (χ0n) is 16.0. The molecular weight excluding hydrogens is 350 g/mol. The molecule has 142 valence electrons. The molecule has 0 radical (unpaired) electrons. The van der Waals surface area contributed by atoms with Crippen LogP contribution >= 0.6 is 0 Å². The van der Waals surface area contributed by atoms with Crippen molar-refractivity contribution in [1.82, 2.24) is 19.9 Å². The molecule has 1 aromatic heterocycles. The summed E-state index contributed by atoms with van der Waals surface area (Å²) in [6.07, 6.45) is 0. The molecule has 0 N–H and O–H groups in total. The molecule has 28 heavy (non-hydrogen) atoms. The minimum Gasteiger partial charge on any atom is -0.337 e. The Hall–Kier alpha value is -3.01. The number of hydrogen-bond acceptors (Lipinski definition) is 6. The van der Waals surface area contributed by atoms with Gasteiger partial charge in [0.05, 0.1) is 17.7 Å². The average molecular weight is 373 g/mol. The van der Waals surface area contributed by atoms with Crippen LogP contribution in [0.4, 0.5) is 0 Å². The number of nitriles is 1. The first-order valence-electron chi connectivity index (χ1n) is 9.57. The van der Waals surface area contributed by atoms with E-state index in [9.17, 15) is 0 Å². The van der Waals surface area contributed by atoms with Gasteiger partial charge >= 0.3 is 0 Å². The van der Waals surface area contributed by atoms with Crippen molar-refractivity contribution < 1.29 is 4.52 Å². The highest BCUT2D eigenvalue weighted by atomic mass is 16.5. The van der Waals surface area contributed by atoms with Crippen LogP contribution in [0.15, 0.2) is 59.1 Å². The van der Waals surface area contributed by atoms with Gasteiger partial charge in [-0.1, -0.05) is 47.6 Å². The quantitative estimate of drug-likeness (QED) is 0.682. The van der Waals surface area contributed by atoms with Crippen LogP contribution in [0.3, 0.4) is 0 Å². The van der Waals surface area contributed by atoms with E-state index in [4.69, 9.17) is 9.78 Å². The Morgan fingerprint density at radius 1 is 1.04 bits per heavy atom. The molecule has 6 nitrogen and oxygen atoms in total. The Bertz CT molecular complexity index is 937. The third-order valence-electron chi connectivity index (χ3n) is 5.27. The number of aromatic nitrogens is 2. The molecular formula is C22H23N5O. The summed E-state index contributed by atoms with van der Waals surface area (Å²) in [5, 5.41) is 13.0. The first-order chi connectivity index (χ1) is 13.7. The number of hydrogen-bond donors (Lipinski definition) is 0. The Morgan fingerprint density at radius 2 is 1.75 bits per heavy atom. The van der Waals surface area contributed by atoms with Gasteiger partial charge in [0.15, 0.2) is 0 Å². The van der Waals surface area contributed by atoms with Crippen LogP contribution in [0, 0.1) is 11.3 Å². The molecule has 6 heteroatoms. The maximum absolute atomic E-state index is 8.91. The molecule has 3 aromatic rings. The summed E-state index contributed by atoms with van der Waals surface area (Å²) in [4.78, 5) is 9.42. The molecule has 1 aliphatic heterocycles. The highest BCUT2D eigenvalue weighted by Gasteiger charge is 2.26. The van der Waals surface area contributed by atoms with Gasteiger partial charge in [0.25, 0.3) is 0 Å². The Kier molecular flexibility index (Phi) is 5.47. The first-order valence-corrected chi connectivity index (χ1v) is 9.57. The standard InChI is InChI=1S/C22H23N5O/c1-17(22-24-21(25-28-22)20-5-3-2-4-6-20)27-13-11-26(12-14-27)16-19-9-7-18(15-23)8-10-19/h2-10,17H,11-14,16H2,1H3. The zero-order valence-corrected chi connectivity index (χ0v) is 16.0. The lowest BCUT2D eigenvalue weighted by Crippen LogP contribution is -2.46. The van der Waals surface area contributed by atoms with E-state index in [2.05, 4.69) is 32.9 Å². The Labute approximate surface area is 165 Å². The van der Waals surface area contributed by atoms with E-state index in [1.165, 1.54) is 5.56 Å². The minimum atomic E-state index is 0.0991. The second-order valence-electron chi connectivity index (χ2n) is 7.12. The summed E-state index contributed by atoms with van der Waals surface area (Å²) < 4.78 is 5.54. The van der Waals surface area contributed by atoms with Crippen LogP contribution in [0.25, 0.3) is 11.4 Å². The molecule has 0 saturated carbocycles. The van der Waals surface area contributed by atoms with Gasteiger partial charge in [-0.2, -0.15) is 10.2 Å². The van der Waals surface area contributed by atoms with Crippen LogP contribution in [0.5, 0.6) is 0 Å². The van der Waals surface area contributed by atoms with E-state index in [1.54, 1.807) is 0 Å². The molecule has 2 aromatic carbocycles. The lowest BCUT2D eigenvalue weighted by atomic mass is 10.1. The van der Waals surface area contributed by atoms with Crippen LogP contribution < -0.4 is 0 Å². The molecule has 0 spiro atoms. The highest BCUT2D eigenvalue weighted by molar-refractivity contribution is 5.53. The largest absolute Gasteiger partial charge is 0.337 e. The average Bonchev–Trinajstić information content (AvgIpc) is 3.25. The second kappa shape index (κ2) is 8.34. The molecule has 1 unspecified atom stereocenters. The molecule has 1 atom stereocenters. The fourth-order valence-electron chi connectivity index (χ4n) is 3.52. The SMILES string of the molecule is CC(c1nc(-c2ccccc2)no1)N1CCN(Cc2ccc(C#N)cc2)CC1. The van der Waals surface area contributed by atoms with Gasteiger partial charge in [-0.15, -0.1) is 0 Å². The van der Waals surface area contributed by atoms with Crippen molar-refractivity contribution >= 4 is 0 Å². The molecule has 1 aliphatic rings. The first kappa shape index (κ1) is 18.4. The van der Waals surface area contributed by atoms with Crippen LogP contribution in [0.1, 0.15) is 30.0 Å². The molecule has 0 bridgehead atoms. The molecule has 4 rings (SSSR count). The van der Waals surface area contributed by atoms with E-state index >= 15 is 0 Å². The Morgan fingerprint density at radius 3 is 2.43 bits per heavy atom. The van der Waals surface area contributed by atoms with Crippen molar-refractivity contribution in [2.45, 2.75) is 19.5 Å². The smallest absolute Gasteiger partial charge is 0.244 e. The lowest BCUT2D eigenvalue weighted by Gasteiger charge is -2.36. The van der Waals surface area contributed by atoms with Gasteiger partial charge in [0.2, 0.25) is 11.7 Å². The second-order valence-corrected chi connectivity index (χ2v) is 7.12. The third kappa shape index (κ3) is 4.11. The summed E-state index contributed by atoms with van der Waals surface area (Å²) in [6, 6.07) is 20.0. The van der Waals surface area contributed by atoms with Gasteiger partial charge in [-0.3, -0.25) is 9.80 Å². The fourth-order valence-corrected chi connectivity index (χ4v) is 3.52. The maximum Gasteiger partial charge on any atom is 0.244 e. The van der Waals surface area contributed by atoms with Gasteiger partial charge in [-0.05, 0) is 24.6 Å². The van der Waals surface area contributed by atoms with Crippen molar-refractivity contribution in [3.8, 4) is 17.5 Å². The summed E-state index contributed by atoms with van der Waals surface area (Å²) in [6.45, 7) is 6.93. The number of rotatable bonds is 5. The van der Waals surface area contributed by atoms with Gasteiger partial charge in [0, 0.05) is 38.3 Å². The zero-order chi connectivity index (χ0) is 19.3. The normalized spacial score (nSPS) is 16.6. The van der Waals surface area contributed by atoms with Crippen molar-refractivity contribution in [2.24, 2.45) is 0 Å². The van der Waals surface area contributed by atoms with Crippen molar-refractivity contribution in [1.29, 1.82) is 5.26 Å².